The summed E-state index contributed by atoms with van der Waals surface area (Å²) in [5.74, 6) is -0.409. The third-order valence-corrected chi connectivity index (χ3v) is 2.64. The van der Waals surface area contributed by atoms with Crippen molar-refractivity contribution in [2.75, 3.05) is 0 Å². The molecular weight excluding hydrogens is 268 g/mol. The molecule has 0 fully saturated rings. The van der Waals surface area contributed by atoms with Crippen molar-refractivity contribution in [2.24, 2.45) is 11.5 Å². The van der Waals surface area contributed by atoms with Crippen LogP contribution < -0.4 is 11.5 Å². The first-order chi connectivity index (χ1) is 10.2. The van der Waals surface area contributed by atoms with E-state index >= 15 is 0 Å². The van der Waals surface area contributed by atoms with Gasteiger partial charge in [0.15, 0.2) is 0 Å². The Balaban J connectivity index is 0.000000211. The Kier molecular flexibility index (Phi) is 7.24. The number of amides is 1. The number of nitrogens with two attached hydrogens (primary N) is 2. The van der Waals surface area contributed by atoms with E-state index in [2.05, 4.69) is 4.74 Å². The lowest BCUT2D eigenvalue weighted by Crippen LogP contribution is -2.10. The summed E-state index contributed by atoms with van der Waals surface area (Å²) in [4.78, 5) is 20.3. The average Bonchev–Trinajstić information content (AvgIpc) is 2.54. The largest absolute Gasteiger partial charge is 0.463 e. The molecule has 0 bridgehead atoms. The highest BCUT2D eigenvalue weighted by atomic mass is 16.5. The van der Waals surface area contributed by atoms with Crippen molar-refractivity contribution in [3.05, 3.63) is 71.3 Å². The molecule has 0 aliphatic carbocycles. The summed E-state index contributed by atoms with van der Waals surface area (Å²) in [6, 6.07) is 16.5. The minimum atomic E-state index is -0.409. The third kappa shape index (κ3) is 6.35. The molecule has 5 heteroatoms. The zero-order valence-corrected chi connectivity index (χ0v) is 11.6. The second-order valence-electron chi connectivity index (χ2n) is 4.16. The van der Waals surface area contributed by atoms with Gasteiger partial charge in [-0.15, -0.1) is 0 Å². The molecule has 0 heterocycles. The molecular formula is C16H18N2O3. The van der Waals surface area contributed by atoms with Gasteiger partial charge < -0.3 is 16.2 Å². The Morgan fingerprint density at radius 1 is 1.00 bits per heavy atom. The van der Waals surface area contributed by atoms with Crippen molar-refractivity contribution in [1.29, 1.82) is 0 Å². The van der Waals surface area contributed by atoms with Gasteiger partial charge in [-0.1, -0.05) is 42.5 Å². The third-order valence-electron chi connectivity index (χ3n) is 2.64. The van der Waals surface area contributed by atoms with Gasteiger partial charge in [0.1, 0.15) is 6.61 Å². The van der Waals surface area contributed by atoms with E-state index in [4.69, 9.17) is 11.5 Å². The van der Waals surface area contributed by atoms with Crippen LogP contribution in [0.4, 0.5) is 0 Å². The number of rotatable bonds is 5. The highest BCUT2D eigenvalue weighted by Crippen LogP contribution is 2.02. The van der Waals surface area contributed by atoms with Crippen molar-refractivity contribution in [3.8, 4) is 0 Å². The van der Waals surface area contributed by atoms with Crippen molar-refractivity contribution in [1.82, 2.24) is 0 Å². The Hall–Kier alpha value is -2.66. The fraction of sp³-hybridized carbons (Fsp3) is 0.125. The van der Waals surface area contributed by atoms with E-state index in [9.17, 15) is 9.59 Å². The van der Waals surface area contributed by atoms with Crippen molar-refractivity contribution in [3.63, 3.8) is 0 Å². The molecule has 2 aromatic carbocycles. The number of benzene rings is 2. The number of primary amides is 1. The van der Waals surface area contributed by atoms with Crippen LogP contribution in [-0.2, 0) is 22.7 Å². The van der Waals surface area contributed by atoms with Gasteiger partial charge in [0, 0.05) is 12.1 Å². The number of carbonyl (C=O) groups excluding carboxylic acids is 2. The van der Waals surface area contributed by atoms with Crippen molar-refractivity contribution >= 4 is 12.4 Å². The van der Waals surface area contributed by atoms with Crippen LogP contribution in [0.2, 0.25) is 0 Å². The molecule has 2 aromatic rings. The molecule has 4 N–H and O–H groups in total. The lowest BCUT2D eigenvalue weighted by Gasteiger charge is -1.96. The zero-order valence-electron chi connectivity index (χ0n) is 11.6. The van der Waals surface area contributed by atoms with E-state index in [1.54, 1.807) is 24.3 Å². The van der Waals surface area contributed by atoms with Gasteiger partial charge in [0.2, 0.25) is 5.91 Å². The quantitative estimate of drug-likeness (QED) is 0.816. The second-order valence-corrected chi connectivity index (χ2v) is 4.16. The lowest BCUT2D eigenvalue weighted by atomic mass is 10.1. The van der Waals surface area contributed by atoms with Gasteiger partial charge in [0.25, 0.3) is 6.47 Å². The Labute approximate surface area is 123 Å². The molecule has 0 aliphatic heterocycles. The molecule has 0 spiro atoms. The van der Waals surface area contributed by atoms with Gasteiger partial charge in [-0.3, -0.25) is 9.59 Å². The Morgan fingerprint density at radius 2 is 1.62 bits per heavy atom. The summed E-state index contributed by atoms with van der Waals surface area (Å²) in [5.41, 5.74) is 12.9. The number of carbonyl (C=O) groups is 2. The number of hydrogen-bond donors (Lipinski definition) is 2. The Morgan fingerprint density at radius 3 is 2.10 bits per heavy atom. The summed E-state index contributed by atoms with van der Waals surface area (Å²) in [6.45, 7) is 1.30. The van der Waals surface area contributed by atoms with Crippen molar-refractivity contribution in [2.45, 2.75) is 13.2 Å². The lowest BCUT2D eigenvalue weighted by molar-refractivity contribution is -0.129. The van der Waals surface area contributed by atoms with Gasteiger partial charge >= 0.3 is 0 Å². The van der Waals surface area contributed by atoms with E-state index in [1.807, 2.05) is 30.3 Å². The van der Waals surface area contributed by atoms with Gasteiger partial charge in [-0.2, -0.15) is 0 Å². The summed E-state index contributed by atoms with van der Waals surface area (Å²) < 4.78 is 4.54. The molecule has 0 aromatic heterocycles. The van der Waals surface area contributed by atoms with Gasteiger partial charge in [-0.25, -0.2) is 0 Å². The Bertz CT molecular complexity index is 553. The maximum atomic E-state index is 10.6. The molecule has 21 heavy (non-hydrogen) atoms. The van der Waals surface area contributed by atoms with Crippen LogP contribution in [-0.4, -0.2) is 12.4 Å². The van der Waals surface area contributed by atoms with Crippen LogP contribution in [0.15, 0.2) is 54.6 Å². The fourth-order valence-corrected chi connectivity index (χ4v) is 1.51. The van der Waals surface area contributed by atoms with E-state index < -0.39 is 5.91 Å². The zero-order chi connectivity index (χ0) is 15.5. The smallest absolute Gasteiger partial charge is 0.293 e. The molecule has 0 saturated heterocycles. The maximum Gasteiger partial charge on any atom is 0.293 e. The van der Waals surface area contributed by atoms with Crippen LogP contribution in [0.3, 0.4) is 0 Å². The van der Waals surface area contributed by atoms with Crippen LogP contribution in [0.5, 0.6) is 0 Å². The molecule has 1 amide bonds. The molecule has 2 rings (SSSR count). The number of ether oxygens (including phenoxy) is 1. The topological polar surface area (TPSA) is 95.4 Å². The molecule has 0 unspecified atom stereocenters. The summed E-state index contributed by atoms with van der Waals surface area (Å²) >= 11 is 0. The highest BCUT2D eigenvalue weighted by Gasteiger charge is 1.97. The average molecular weight is 286 g/mol. The fourth-order valence-electron chi connectivity index (χ4n) is 1.51. The van der Waals surface area contributed by atoms with E-state index in [0.29, 0.717) is 25.2 Å². The summed E-state index contributed by atoms with van der Waals surface area (Å²) in [6.07, 6.45) is 0. The number of hydrogen-bond acceptors (Lipinski definition) is 4. The normalized spacial score (nSPS) is 9.19. The maximum absolute atomic E-state index is 10.6. The predicted octanol–water partition coefficient (Wildman–Crippen LogP) is 1.60. The van der Waals surface area contributed by atoms with E-state index in [0.717, 1.165) is 11.1 Å². The first-order valence-electron chi connectivity index (χ1n) is 6.35. The van der Waals surface area contributed by atoms with E-state index in [-0.39, 0.29) is 0 Å². The first-order valence-corrected chi connectivity index (χ1v) is 6.35. The van der Waals surface area contributed by atoms with Crippen LogP contribution >= 0.6 is 0 Å². The van der Waals surface area contributed by atoms with Crippen LogP contribution in [0, 0.1) is 0 Å². The van der Waals surface area contributed by atoms with Crippen LogP contribution in [0.1, 0.15) is 21.5 Å². The van der Waals surface area contributed by atoms with Crippen molar-refractivity contribution < 1.29 is 14.3 Å². The molecule has 5 nitrogen and oxygen atoms in total. The van der Waals surface area contributed by atoms with Gasteiger partial charge in [0.05, 0.1) is 0 Å². The molecule has 110 valence electrons. The SMILES string of the molecule is NCc1ccc(C(N)=O)cc1.O=COCc1ccccc1. The molecule has 0 radical (unpaired) electrons. The minimum Gasteiger partial charge on any atom is -0.463 e. The molecule has 0 aliphatic rings. The second kappa shape index (κ2) is 9.28. The molecule has 0 atom stereocenters. The van der Waals surface area contributed by atoms with Gasteiger partial charge in [-0.05, 0) is 23.3 Å². The monoisotopic (exact) mass is 286 g/mol. The summed E-state index contributed by atoms with van der Waals surface area (Å²) in [7, 11) is 0. The predicted molar refractivity (Wildman–Crippen MR) is 80.1 cm³/mol. The van der Waals surface area contributed by atoms with Crippen LogP contribution in [0.25, 0.3) is 0 Å². The minimum absolute atomic E-state index is 0.365. The summed E-state index contributed by atoms with van der Waals surface area (Å²) in [5, 5.41) is 0. The molecule has 0 saturated carbocycles. The standard InChI is InChI=1S/C8H10N2O.C8H8O2/c9-5-6-1-3-7(4-2-6)8(10)11;9-7-10-6-8-4-2-1-3-5-8/h1-4H,5,9H2,(H2,10,11);1-5,7H,6H2. The van der Waals surface area contributed by atoms with E-state index in [1.165, 1.54) is 0 Å². The first kappa shape index (κ1) is 16.4. The highest BCUT2D eigenvalue weighted by molar-refractivity contribution is 5.92.